The number of aryl methyl sites for hydroxylation is 1. The quantitative estimate of drug-likeness (QED) is 0.667. The summed E-state index contributed by atoms with van der Waals surface area (Å²) in [6.45, 7) is 0.149. The third-order valence-corrected chi connectivity index (χ3v) is 5.14. The largest absolute Gasteiger partial charge is 0.355 e. The van der Waals surface area contributed by atoms with Gasteiger partial charge in [0, 0.05) is 19.5 Å². The number of sulfonamides is 1. The molecule has 0 atom stereocenters. The average molecular weight is 378 g/mol. The van der Waals surface area contributed by atoms with Crippen molar-refractivity contribution in [3.05, 3.63) is 71.5 Å². The molecule has 0 unspecified atom stereocenters. The normalized spacial score (nSPS) is 11.3. The minimum absolute atomic E-state index is 0.0585. The molecule has 0 radical (unpaired) electrons. The summed E-state index contributed by atoms with van der Waals surface area (Å²) in [6, 6.07) is 15.5. The standard InChI is InChI=1S/C19H23FN2O3S/c20-18-11-9-17(10-12-18)15-22-26(24,25)14-13-21-19(23)8-4-7-16-5-2-1-3-6-16/h1-3,5-6,9-12,22H,4,7-8,13-15H2,(H,21,23). The van der Waals surface area contributed by atoms with Crippen molar-refractivity contribution in [3.63, 3.8) is 0 Å². The van der Waals surface area contributed by atoms with E-state index in [4.69, 9.17) is 0 Å². The van der Waals surface area contributed by atoms with Gasteiger partial charge in [0.15, 0.2) is 0 Å². The second-order valence-corrected chi connectivity index (χ2v) is 7.88. The van der Waals surface area contributed by atoms with E-state index in [1.165, 1.54) is 29.8 Å². The Morgan fingerprint density at radius 3 is 2.35 bits per heavy atom. The molecule has 1 amide bonds. The fraction of sp³-hybridized carbons (Fsp3) is 0.316. The average Bonchev–Trinajstić information content (AvgIpc) is 2.62. The summed E-state index contributed by atoms with van der Waals surface area (Å²) in [6.07, 6.45) is 1.88. The van der Waals surface area contributed by atoms with Crippen LogP contribution in [0, 0.1) is 5.82 Å². The van der Waals surface area contributed by atoms with Gasteiger partial charge in [0.25, 0.3) is 0 Å². The van der Waals surface area contributed by atoms with E-state index in [2.05, 4.69) is 10.0 Å². The topological polar surface area (TPSA) is 75.3 Å². The molecule has 0 fully saturated rings. The lowest BCUT2D eigenvalue weighted by Crippen LogP contribution is -2.34. The Balaban J connectivity index is 1.62. The number of hydrogen-bond donors (Lipinski definition) is 2. The monoisotopic (exact) mass is 378 g/mol. The molecule has 0 heterocycles. The second kappa shape index (κ2) is 10.0. The predicted molar refractivity (Wildman–Crippen MR) is 99.4 cm³/mol. The molecule has 7 heteroatoms. The van der Waals surface area contributed by atoms with Crippen LogP contribution in [0.25, 0.3) is 0 Å². The van der Waals surface area contributed by atoms with Crippen molar-refractivity contribution >= 4 is 15.9 Å². The molecule has 140 valence electrons. The molecule has 2 N–H and O–H groups in total. The Morgan fingerprint density at radius 1 is 0.962 bits per heavy atom. The van der Waals surface area contributed by atoms with E-state index in [0.717, 1.165) is 6.42 Å². The SMILES string of the molecule is O=C(CCCc1ccccc1)NCCS(=O)(=O)NCc1ccc(F)cc1. The Labute approximate surface area is 153 Å². The molecule has 0 aliphatic carbocycles. The van der Waals surface area contributed by atoms with E-state index >= 15 is 0 Å². The minimum Gasteiger partial charge on any atom is -0.355 e. The number of carbonyl (C=O) groups excluding carboxylic acids is 1. The summed E-state index contributed by atoms with van der Waals surface area (Å²) in [5, 5.41) is 2.62. The van der Waals surface area contributed by atoms with Crippen molar-refractivity contribution in [2.45, 2.75) is 25.8 Å². The highest BCUT2D eigenvalue weighted by molar-refractivity contribution is 7.89. The van der Waals surface area contributed by atoms with Gasteiger partial charge in [-0.1, -0.05) is 42.5 Å². The van der Waals surface area contributed by atoms with Crippen LogP contribution in [0.2, 0.25) is 0 Å². The van der Waals surface area contributed by atoms with Crippen molar-refractivity contribution in [2.24, 2.45) is 0 Å². The third-order valence-electron chi connectivity index (χ3n) is 3.81. The maximum atomic E-state index is 12.8. The summed E-state index contributed by atoms with van der Waals surface area (Å²) < 4.78 is 39.1. The van der Waals surface area contributed by atoms with Gasteiger partial charge >= 0.3 is 0 Å². The lowest BCUT2D eigenvalue weighted by molar-refractivity contribution is -0.121. The molecule has 2 aromatic rings. The first-order chi connectivity index (χ1) is 12.4. The van der Waals surface area contributed by atoms with Gasteiger partial charge in [-0.05, 0) is 36.1 Å². The molecule has 26 heavy (non-hydrogen) atoms. The van der Waals surface area contributed by atoms with Crippen molar-refractivity contribution in [1.82, 2.24) is 10.0 Å². The lowest BCUT2D eigenvalue weighted by Gasteiger charge is -2.08. The maximum absolute atomic E-state index is 12.8. The van der Waals surface area contributed by atoms with Gasteiger partial charge in [0.05, 0.1) is 5.75 Å². The first-order valence-electron chi connectivity index (χ1n) is 8.47. The number of nitrogens with one attached hydrogen (secondary N) is 2. The molecule has 2 rings (SSSR count). The van der Waals surface area contributed by atoms with E-state index in [1.54, 1.807) is 0 Å². The molecule has 0 aromatic heterocycles. The van der Waals surface area contributed by atoms with Crippen molar-refractivity contribution in [3.8, 4) is 0 Å². The minimum atomic E-state index is -3.51. The van der Waals surface area contributed by atoms with E-state index in [9.17, 15) is 17.6 Å². The summed E-state index contributed by atoms with van der Waals surface area (Å²) in [5.74, 6) is -0.722. The maximum Gasteiger partial charge on any atom is 0.220 e. The highest BCUT2D eigenvalue weighted by atomic mass is 32.2. The number of hydrogen-bond acceptors (Lipinski definition) is 3. The van der Waals surface area contributed by atoms with Crippen LogP contribution in [0.1, 0.15) is 24.0 Å². The zero-order valence-corrected chi connectivity index (χ0v) is 15.3. The van der Waals surface area contributed by atoms with Crippen LogP contribution in [0.5, 0.6) is 0 Å². The fourth-order valence-electron chi connectivity index (χ4n) is 2.38. The number of benzene rings is 2. The summed E-state index contributed by atoms with van der Waals surface area (Å²) in [7, 11) is -3.51. The molecule has 5 nitrogen and oxygen atoms in total. The van der Waals surface area contributed by atoms with Gasteiger partial charge in [-0.3, -0.25) is 4.79 Å². The Kier molecular flexibility index (Phi) is 7.74. The molecule has 0 aliphatic rings. The first kappa shape index (κ1) is 20.1. The molecular formula is C19H23FN2O3S. The van der Waals surface area contributed by atoms with Gasteiger partial charge in [-0.2, -0.15) is 0 Å². The van der Waals surface area contributed by atoms with E-state index in [0.29, 0.717) is 18.4 Å². The van der Waals surface area contributed by atoms with E-state index in [-0.39, 0.29) is 30.6 Å². The molecule has 0 aliphatic heterocycles. The molecule has 0 saturated heterocycles. The van der Waals surface area contributed by atoms with Crippen molar-refractivity contribution in [2.75, 3.05) is 12.3 Å². The van der Waals surface area contributed by atoms with E-state index < -0.39 is 10.0 Å². The Morgan fingerprint density at radius 2 is 1.65 bits per heavy atom. The smallest absolute Gasteiger partial charge is 0.220 e. The van der Waals surface area contributed by atoms with Gasteiger partial charge in [-0.25, -0.2) is 17.5 Å². The first-order valence-corrected chi connectivity index (χ1v) is 10.1. The van der Waals surface area contributed by atoms with Crippen LogP contribution in [-0.4, -0.2) is 26.6 Å². The molecule has 0 saturated carbocycles. The van der Waals surface area contributed by atoms with E-state index in [1.807, 2.05) is 30.3 Å². The van der Waals surface area contributed by atoms with Gasteiger partial charge in [-0.15, -0.1) is 0 Å². The highest BCUT2D eigenvalue weighted by Crippen LogP contribution is 2.05. The molecular weight excluding hydrogens is 355 g/mol. The Hall–Kier alpha value is -2.25. The Bertz CT molecular complexity index is 793. The third kappa shape index (κ3) is 7.76. The fourth-order valence-corrected chi connectivity index (χ4v) is 3.28. The number of halogens is 1. The zero-order chi connectivity index (χ0) is 18.8. The van der Waals surface area contributed by atoms with Gasteiger partial charge in [0.2, 0.25) is 15.9 Å². The summed E-state index contributed by atoms with van der Waals surface area (Å²) in [5.41, 5.74) is 1.84. The summed E-state index contributed by atoms with van der Waals surface area (Å²) >= 11 is 0. The number of carbonyl (C=O) groups is 1. The van der Waals surface area contributed by atoms with Gasteiger partial charge < -0.3 is 5.32 Å². The van der Waals surface area contributed by atoms with Crippen molar-refractivity contribution < 1.29 is 17.6 Å². The van der Waals surface area contributed by atoms with Crippen LogP contribution in [0.3, 0.4) is 0 Å². The van der Waals surface area contributed by atoms with Crippen LogP contribution >= 0.6 is 0 Å². The molecule has 2 aromatic carbocycles. The molecule has 0 spiro atoms. The number of amides is 1. The zero-order valence-electron chi connectivity index (χ0n) is 14.4. The van der Waals surface area contributed by atoms with Crippen LogP contribution in [-0.2, 0) is 27.8 Å². The predicted octanol–water partition coefficient (Wildman–Crippen LogP) is 2.38. The highest BCUT2D eigenvalue weighted by Gasteiger charge is 2.11. The van der Waals surface area contributed by atoms with Gasteiger partial charge in [0.1, 0.15) is 5.82 Å². The summed E-state index contributed by atoms with van der Waals surface area (Å²) in [4.78, 5) is 11.8. The second-order valence-electron chi connectivity index (χ2n) is 5.96. The van der Waals surface area contributed by atoms with Crippen LogP contribution in [0.4, 0.5) is 4.39 Å². The number of rotatable bonds is 10. The van der Waals surface area contributed by atoms with Crippen molar-refractivity contribution in [1.29, 1.82) is 0 Å². The van der Waals surface area contributed by atoms with Crippen LogP contribution in [0.15, 0.2) is 54.6 Å². The molecule has 0 bridgehead atoms. The van der Waals surface area contributed by atoms with Crippen LogP contribution < -0.4 is 10.0 Å². The lowest BCUT2D eigenvalue weighted by atomic mass is 10.1.